The van der Waals surface area contributed by atoms with E-state index in [1.54, 1.807) is 42.5 Å². The maximum atomic E-state index is 12.8. The van der Waals surface area contributed by atoms with E-state index in [1.807, 2.05) is 0 Å². The summed E-state index contributed by atoms with van der Waals surface area (Å²) in [7, 11) is -3.60. The molecule has 1 amide bonds. The third-order valence-electron chi connectivity index (χ3n) is 4.31. The molecule has 1 aliphatic rings. The van der Waals surface area contributed by atoms with Crippen molar-refractivity contribution >= 4 is 21.7 Å². The highest BCUT2D eigenvalue weighted by Crippen LogP contribution is 2.25. The van der Waals surface area contributed by atoms with Gasteiger partial charge < -0.3 is 10.1 Å². The van der Waals surface area contributed by atoms with E-state index < -0.39 is 27.8 Å². The van der Waals surface area contributed by atoms with Gasteiger partial charge in [-0.2, -0.15) is 0 Å². The van der Waals surface area contributed by atoms with E-state index in [1.165, 1.54) is 19.1 Å². The molecule has 0 saturated heterocycles. The Balaban J connectivity index is 1.90. The second-order valence-corrected chi connectivity index (χ2v) is 8.63. The molecular weight excluding hydrogens is 366 g/mol. The van der Waals surface area contributed by atoms with Gasteiger partial charge in [0.05, 0.1) is 16.2 Å². The Kier molecular flexibility index (Phi) is 5.60. The lowest BCUT2D eigenvalue weighted by molar-refractivity contribution is -0.130. The van der Waals surface area contributed by atoms with Crippen LogP contribution in [0.15, 0.2) is 59.5 Å². The second kappa shape index (κ2) is 7.92. The third kappa shape index (κ3) is 4.54. The van der Waals surface area contributed by atoms with Gasteiger partial charge in [0, 0.05) is 11.6 Å². The molecule has 1 aliphatic carbocycles. The van der Waals surface area contributed by atoms with Gasteiger partial charge in [-0.25, -0.2) is 13.2 Å². The Labute approximate surface area is 158 Å². The van der Waals surface area contributed by atoms with Crippen molar-refractivity contribution in [3.63, 3.8) is 0 Å². The van der Waals surface area contributed by atoms with Crippen molar-refractivity contribution in [3.8, 4) is 0 Å². The molecule has 2 aromatic rings. The summed E-state index contributed by atoms with van der Waals surface area (Å²) in [6.45, 7) is 1.51. The number of rotatable bonds is 7. The minimum Gasteiger partial charge on any atom is -0.444 e. The van der Waals surface area contributed by atoms with Gasteiger partial charge in [-0.15, -0.1) is 0 Å². The molecule has 142 valence electrons. The maximum Gasteiger partial charge on any atom is 0.340 e. The monoisotopic (exact) mass is 387 g/mol. The zero-order chi connectivity index (χ0) is 19.4. The maximum absolute atomic E-state index is 12.8. The van der Waals surface area contributed by atoms with Crippen LogP contribution in [0, 0.1) is 0 Å². The van der Waals surface area contributed by atoms with Crippen molar-refractivity contribution in [2.24, 2.45) is 0 Å². The standard InChI is InChI=1S/C20H21NO5S/c1-2-27(24,25)17-11-7-6-10-16(17)20(23)26-18(14-8-4-3-5-9-14)19(22)21-15-12-13-15/h3-11,15,18H,2,12-13H2,1H3,(H,21,22)/t18-/m1/s1. The molecule has 0 heterocycles. The predicted octanol–water partition coefficient (Wildman–Crippen LogP) is 2.66. The van der Waals surface area contributed by atoms with Crippen LogP contribution < -0.4 is 5.32 Å². The number of carbonyl (C=O) groups excluding carboxylic acids is 2. The van der Waals surface area contributed by atoms with E-state index in [4.69, 9.17) is 4.74 Å². The van der Waals surface area contributed by atoms with Crippen LogP contribution in [0.4, 0.5) is 0 Å². The molecule has 27 heavy (non-hydrogen) atoms. The van der Waals surface area contributed by atoms with Gasteiger partial charge in [0.25, 0.3) is 5.91 Å². The molecule has 0 aliphatic heterocycles. The van der Waals surface area contributed by atoms with Crippen LogP contribution in [0.25, 0.3) is 0 Å². The molecule has 0 unspecified atom stereocenters. The van der Waals surface area contributed by atoms with Crippen LogP contribution in [0.2, 0.25) is 0 Å². The highest BCUT2D eigenvalue weighted by Gasteiger charge is 2.32. The molecule has 1 N–H and O–H groups in total. The molecular formula is C20H21NO5S. The lowest BCUT2D eigenvalue weighted by atomic mass is 10.1. The Morgan fingerprint density at radius 3 is 2.33 bits per heavy atom. The third-order valence-corrected chi connectivity index (χ3v) is 6.10. The van der Waals surface area contributed by atoms with E-state index >= 15 is 0 Å². The zero-order valence-electron chi connectivity index (χ0n) is 14.9. The fourth-order valence-electron chi connectivity index (χ4n) is 2.64. The van der Waals surface area contributed by atoms with Gasteiger partial charge in [-0.1, -0.05) is 49.4 Å². The van der Waals surface area contributed by atoms with Crippen LogP contribution in [0.3, 0.4) is 0 Å². The molecule has 0 radical (unpaired) electrons. The average molecular weight is 387 g/mol. The average Bonchev–Trinajstić information content (AvgIpc) is 3.50. The first kappa shape index (κ1) is 19.1. The SMILES string of the molecule is CCS(=O)(=O)c1ccccc1C(=O)O[C@@H](C(=O)NC1CC1)c1ccccc1. The Bertz CT molecular complexity index is 936. The van der Waals surface area contributed by atoms with Crippen LogP contribution in [0.1, 0.15) is 41.8 Å². The lowest BCUT2D eigenvalue weighted by Gasteiger charge is -2.19. The van der Waals surface area contributed by atoms with E-state index in [0.717, 1.165) is 12.8 Å². The Hall–Kier alpha value is -2.67. The Morgan fingerprint density at radius 2 is 1.70 bits per heavy atom. The summed E-state index contributed by atoms with van der Waals surface area (Å²) in [6.07, 6.45) is 0.661. The van der Waals surface area contributed by atoms with Crippen LogP contribution in [0.5, 0.6) is 0 Å². The van der Waals surface area contributed by atoms with Crippen molar-refractivity contribution in [2.75, 3.05) is 5.75 Å². The van der Waals surface area contributed by atoms with Crippen molar-refractivity contribution in [3.05, 3.63) is 65.7 Å². The number of hydrogen-bond donors (Lipinski definition) is 1. The summed E-state index contributed by atoms with van der Waals surface area (Å²) in [5, 5.41) is 2.83. The zero-order valence-corrected chi connectivity index (χ0v) is 15.7. The van der Waals surface area contributed by atoms with Gasteiger partial charge in [-0.3, -0.25) is 4.79 Å². The number of hydrogen-bond acceptors (Lipinski definition) is 5. The van der Waals surface area contributed by atoms with E-state index in [0.29, 0.717) is 5.56 Å². The van der Waals surface area contributed by atoms with Gasteiger partial charge in [0.2, 0.25) is 6.10 Å². The summed E-state index contributed by atoms with van der Waals surface area (Å²) in [4.78, 5) is 25.3. The van der Waals surface area contributed by atoms with E-state index in [2.05, 4.69) is 5.32 Å². The van der Waals surface area contributed by atoms with Gasteiger partial charge in [-0.05, 0) is 25.0 Å². The first-order valence-corrected chi connectivity index (χ1v) is 10.5. The normalized spacial score (nSPS) is 15.0. The second-order valence-electron chi connectivity index (χ2n) is 6.38. The summed E-state index contributed by atoms with van der Waals surface area (Å²) in [5.74, 6) is -1.39. The molecule has 1 saturated carbocycles. The van der Waals surface area contributed by atoms with E-state index in [9.17, 15) is 18.0 Å². The summed E-state index contributed by atoms with van der Waals surface area (Å²) >= 11 is 0. The largest absolute Gasteiger partial charge is 0.444 e. The lowest BCUT2D eigenvalue weighted by Crippen LogP contribution is -2.33. The first-order valence-electron chi connectivity index (χ1n) is 8.80. The predicted molar refractivity (Wildman–Crippen MR) is 99.9 cm³/mol. The van der Waals surface area contributed by atoms with Crippen LogP contribution >= 0.6 is 0 Å². The number of amides is 1. The fraction of sp³-hybridized carbons (Fsp3) is 0.300. The highest BCUT2D eigenvalue weighted by atomic mass is 32.2. The molecule has 1 atom stereocenters. The molecule has 7 heteroatoms. The fourth-order valence-corrected chi connectivity index (χ4v) is 3.72. The number of esters is 1. The number of benzene rings is 2. The van der Waals surface area contributed by atoms with Crippen molar-refractivity contribution in [2.45, 2.75) is 36.8 Å². The minimum atomic E-state index is -3.60. The van der Waals surface area contributed by atoms with Gasteiger partial charge >= 0.3 is 5.97 Å². The number of ether oxygens (including phenoxy) is 1. The molecule has 2 aromatic carbocycles. The smallest absolute Gasteiger partial charge is 0.340 e. The summed E-state index contributed by atoms with van der Waals surface area (Å²) in [5.41, 5.74) is 0.458. The highest BCUT2D eigenvalue weighted by molar-refractivity contribution is 7.91. The molecule has 3 rings (SSSR count). The molecule has 0 spiro atoms. The summed E-state index contributed by atoms with van der Waals surface area (Å²) < 4.78 is 30.0. The summed E-state index contributed by atoms with van der Waals surface area (Å²) in [6, 6.07) is 14.7. The quantitative estimate of drug-likeness (QED) is 0.738. The molecule has 1 fully saturated rings. The van der Waals surface area contributed by atoms with E-state index in [-0.39, 0.29) is 22.3 Å². The minimum absolute atomic E-state index is 0.0699. The van der Waals surface area contributed by atoms with Crippen molar-refractivity contribution < 1.29 is 22.7 Å². The molecule has 6 nitrogen and oxygen atoms in total. The first-order chi connectivity index (χ1) is 12.9. The van der Waals surface area contributed by atoms with Crippen LogP contribution in [-0.2, 0) is 19.4 Å². The number of carbonyl (C=O) groups is 2. The van der Waals surface area contributed by atoms with Crippen molar-refractivity contribution in [1.82, 2.24) is 5.32 Å². The van der Waals surface area contributed by atoms with Gasteiger partial charge in [0.15, 0.2) is 9.84 Å². The number of sulfone groups is 1. The van der Waals surface area contributed by atoms with Crippen molar-refractivity contribution in [1.29, 1.82) is 0 Å². The van der Waals surface area contributed by atoms with Crippen LogP contribution in [-0.4, -0.2) is 32.1 Å². The Morgan fingerprint density at radius 1 is 1.07 bits per heavy atom. The van der Waals surface area contributed by atoms with Gasteiger partial charge in [0.1, 0.15) is 0 Å². The number of nitrogens with one attached hydrogen (secondary N) is 1. The topological polar surface area (TPSA) is 89.5 Å². The molecule has 0 aromatic heterocycles. The molecule has 0 bridgehead atoms.